The maximum absolute atomic E-state index is 12.2. The van der Waals surface area contributed by atoms with Crippen LogP contribution in [-0.2, 0) is 4.74 Å². The lowest BCUT2D eigenvalue weighted by Gasteiger charge is -2.38. The van der Waals surface area contributed by atoms with Crippen LogP contribution in [0.25, 0.3) is 0 Å². The highest BCUT2D eigenvalue weighted by Gasteiger charge is 2.31. The standard InChI is InChI=1S/C13H17NO3/c1-13(2)9-14(7-8-17-13)12(16)10-5-3-4-6-11(10)15/h3-6,15H,7-9H2,1-2H3. The summed E-state index contributed by atoms with van der Waals surface area (Å²) in [5, 5.41) is 9.66. The first-order valence-corrected chi connectivity index (χ1v) is 5.71. The lowest BCUT2D eigenvalue weighted by molar-refractivity contribution is -0.0764. The molecular weight excluding hydrogens is 218 g/mol. The van der Waals surface area contributed by atoms with Crippen molar-refractivity contribution in [2.75, 3.05) is 19.7 Å². The number of hydrogen-bond donors (Lipinski definition) is 1. The second-order valence-corrected chi connectivity index (χ2v) is 4.85. The molecule has 92 valence electrons. The fourth-order valence-corrected chi connectivity index (χ4v) is 2.01. The van der Waals surface area contributed by atoms with E-state index < -0.39 is 0 Å². The van der Waals surface area contributed by atoms with E-state index in [4.69, 9.17) is 4.74 Å². The molecule has 0 spiro atoms. The summed E-state index contributed by atoms with van der Waals surface area (Å²) in [6.45, 7) is 5.55. The predicted octanol–water partition coefficient (Wildman–Crippen LogP) is 1.64. The molecular formula is C13H17NO3. The van der Waals surface area contributed by atoms with Crippen molar-refractivity contribution in [2.24, 2.45) is 0 Å². The quantitative estimate of drug-likeness (QED) is 0.805. The number of hydrogen-bond acceptors (Lipinski definition) is 3. The van der Waals surface area contributed by atoms with Crippen molar-refractivity contribution < 1.29 is 14.6 Å². The number of para-hydroxylation sites is 1. The average Bonchev–Trinajstić information content (AvgIpc) is 2.27. The molecule has 0 bridgehead atoms. The summed E-state index contributed by atoms with van der Waals surface area (Å²) in [4.78, 5) is 13.9. The van der Waals surface area contributed by atoms with Gasteiger partial charge < -0.3 is 14.7 Å². The Morgan fingerprint density at radius 1 is 1.41 bits per heavy atom. The summed E-state index contributed by atoms with van der Waals surface area (Å²) in [5.74, 6) is -0.110. The molecule has 1 N–H and O–H groups in total. The zero-order valence-corrected chi connectivity index (χ0v) is 10.1. The van der Waals surface area contributed by atoms with Gasteiger partial charge in [0.1, 0.15) is 5.75 Å². The summed E-state index contributed by atoms with van der Waals surface area (Å²) in [5.41, 5.74) is 0.0309. The van der Waals surface area contributed by atoms with Gasteiger partial charge in [0.2, 0.25) is 0 Å². The number of amides is 1. The minimum absolute atomic E-state index is 0.0294. The molecule has 1 heterocycles. The van der Waals surface area contributed by atoms with Crippen LogP contribution in [0.15, 0.2) is 24.3 Å². The molecule has 0 saturated carbocycles. The van der Waals surface area contributed by atoms with Gasteiger partial charge in [-0.15, -0.1) is 0 Å². The SMILES string of the molecule is CC1(C)CN(C(=O)c2ccccc2O)CCO1. The van der Waals surface area contributed by atoms with E-state index in [1.807, 2.05) is 13.8 Å². The maximum Gasteiger partial charge on any atom is 0.257 e. The van der Waals surface area contributed by atoms with Crippen molar-refractivity contribution >= 4 is 5.91 Å². The normalized spacial score (nSPS) is 19.1. The third kappa shape index (κ3) is 2.58. The van der Waals surface area contributed by atoms with Gasteiger partial charge in [0.25, 0.3) is 5.91 Å². The number of rotatable bonds is 1. The van der Waals surface area contributed by atoms with Gasteiger partial charge in [-0.2, -0.15) is 0 Å². The molecule has 0 unspecified atom stereocenters. The number of carbonyl (C=O) groups is 1. The molecule has 2 rings (SSSR count). The molecule has 1 aliphatic rings. The summed E-state index contributed by atoms with van der Waals surface area (Å²) >= 11 is 0. The van der Waals surface area contributed by atoms with Crippen molar-refractivity contribution in [2.45, 2.75) is 19.4 Å². The molecule has 1 aromatic carbocycles. The van der Waals surface area contributed by atoms with Gasteiger partial charge in [-0.25, -0.2) is 0 Å². The predicted molar refractivity (Wildman–Crippen MR) is 64.0 cm³/mol. The Balaban J connectivity index is 2.18. The second kappa shape index (κ2) is 4.37. The lowest BCUT2D eigenvalue weighted by Crippen LogP contribution is -2.50. The molecule has 1 amide bonds. The summed E-state index contributed by atoms with van der Waals surface area (Å²) in [6, 6.07) is 6.62. The molecule has 0 aromatic heterocycles. The third-order valence-corrected chi connectivity index (χ3v) is 2.85. The van der Waals surface area contributed by atoms with E-state index in [9.17, 15) is 9.90 Å². The molecule has 4 heteroatoms. The number of phenolic OH excluding ortho intramolecular Hbond substituents is 1. The molecule has 1 saturated heterocycles. The van der Waals surface area contributed by atoms with Crippen molar-refractivity contribution in [1.29, 1.82) is 0 Å². The first kappa shape index (κ1) is 11.9. The van der Waals surface area contributed by atoms with Gasteiger partial charge in [0.15, 0.2) is 0 Å². The smallest absolute Gasteiger partial charge is 0.257 e. The minimum atomic E-state index is -0.321. The number of ether oxygens (including phenoxy) is 1. The number of benzene rings is 1. The van der Waals surface area contributed by atoms with Crippen LogP contribution in [0.2, 0.25) is 0 Å². The number of nitrogens with zero attached hydrogens (tertiary/aromatic N) is 1. The number of aromatic hydroxyl groups is 1. The number of morpholine rings is 1. The Kier molecular flexibility index (Phi) is 3.07. The molecule has 17 heavy (non-hydrogen) atoms. The Labute approximate surface area is 101 Å². The number of carbonyl (C=O) groups excluding carboxylic acids is 1. The fourth-order valence-electron chi connectivity index (χ4n) is 2.01. The van der Waals surface area contributed by atoms with Crippen LogP contribution in [0, 0.1) is 0 Å². The summed E-state index contributed by atoms with van der Waals surface area (Å²) in [7, 11) is 0. The Morgan fingerprint density at radius 2 is 2.12 bits per heavy atom. The zero-order chi connectivity index (χ0) is 12.5. The highest BCUT2D eigenvalue weighted by atomic mass is 16.5. The first-order valence-electron chi connectivity index (χ1n) is 5.71. The Morgan fingerprint density at radius 3 is 2.76 bits per heavy atom. The topological polar surface area (TPSA) is 49.8 Å². The van der Waals surface area contributed by atoms with Crippen LogP contribution in [-0.4, -0.2) is 41.2 Å². The second-order valence-electron chi connectivity index (χ2n) is 4.85. The van der Waals surface area contributed by atoms with Crippen LogP contribution in [0.5, 0.6) is 5.75 Å². The monoisotopic (exact) mass is 235 g/mol. The zero-order valence-electron chi connectivity index (χ0n) is 10.1. The molecule has 0 radical (unpaired) electrons. The van der Waals surface area contributed by atoms with Crippen LogP contribution >= 0.6 is 0 Å². The van der Waals surface area contributed by atoms with Crippen LogP contribution in [0.1, 0.15) is 24.2 Å². The van der Waals surface area contributed by atoms with Crippen molar-refractivity contribution in [3.8, 4) is 5.75 Å². The molecule has 1 aliphatic heterocycles. The Bertz CT molecular complexity index is 428. The van der Waals surface area contributed by atoms with E-state index in [2.05, 4.69) is 0 Å². The highest BCUT2D eigenvalue weighted by molar-refractivity contribution is 5.96. The van der Waals surface area contributed by atoms with E-state index in [-0.39, 0.29) is 17.3 Å². The average molecular weight is 235 g/mol. The molecule has 0 aliphatic carbocycles. The minimum Gasteiger partial charge on any atom is -0.507 e. The van der Waals surface area contributed by atoms with Crippen molar-refractivity contribution in [3.05, 3.63) is 29.8 Å². The van der Waals surface area contributed by atoms with Gasteiger partial charge >= 0.3 is 0 Å². The van der Waals surface area contributed by atoms with Gasteiger partial charge in [0.05, 0.1) is 17.8 Å². The van der Waals surface area contributed by atoms with Crippen LogP contribution in [0.3, 0.4) is 0 Å². The van der Waals surface area contributed by atoms with E-state index in [0.717, 1.165) is 0 Å². The van der Waals surface area contributed by atoms with Gasteiger partial charge in [-0.3, -0.25) is 4.79 Å². The summed E-state index contributed by atoms with van der Waals surface area (Å²) in [6.07, 6.45) is 0. The van der Waals surface area contributed by atoms with Gasteiger partial charge in [-0.05, 0) is 26.0 Å². The Hall–Kier alpha value is -1.55. The van der Waals surface area contributed by atoms with E-state index in [1.165, 1.54) is 6.07 Å². The fraction of sp³-hybridized carbons (Fsp3) is 0.462. The maximum atomic E-state index is 12.2. The summed E-state index contributed by atoms with van der Waals surface area (Å²) < 4.78 is 5.56. The third-order valence-electron chi connectivity index (χ3n) is 2.85. The highest BCUT2D eigenvalue weighted by Crippen LogP contribution is 2.22. The lowest BCUT2D eigenvalue weighted by atomic mass is 10.1. The molecule has 4 nitrogen and oxygen atoms in total. The largest absolute Gasteiger partial charge is 0.507 e. The molecule has 0 atom stereocenters. The van der Waals surface area contributed by atoms with E-state index in [1.54, 1.807) is 23.1 Å². The van der Waals surface area contributed by atoms with Crippen molar-refractivity contribution in [3.63, 3.8) is 0 Å². The van der Waals surface area contributed by atoms with E-state index >= 15 is 0 Å². The van der Waals surface area contributed by atoms with Crippen LogP contribution in [0.4, 0.5) is 0 Å². The van der Waals surface area contributed by atoms with Crippen LogP contribution < -0.4 is 0 Å². The van der Waals surface area contributed by atoms with E-state index in [0.29, 0.717) is 25.3 Å². The number of phenols is 1. The van der Waals surface area contributed by atoms with Crippen molar-refractivity contribution in [1.82, 2.24) is 4.90 Å². The first-order chi connectivity index (χ1) is 7.99. The molecule has 1 aromatic rings. The van der Waals surface area contributed by atoms with Gasteiger partial charge in [-0.1, -0.05) is 12.1 Å². The van der Waals surface area contributed by atoms with Gasteiger partial charge in [0, 0.05) is 13.1 Å². The molecule has 1 fully saturated rings.